The second-order valence-electron chi connectivity index (χ2n) is 15.9. The van der Waals surface area contributed by atoms with E-state index in [9.17, 15) is 45.3 Å². The molecule has 15 heteroatoms. The van der Waals surface area contributed by atoms with Crippen LogP contribution in [-0.4, -0.2) is 142 Å². The maximum absolute atomic E-state index is 12.8. The van der Waals surface area contributed by atoms with Crippen LogP contribution in [0, 0.1) is 0 Å². The third-order valence-electron chi connectivity index (χ3n) is 10.7. The van der Waals surface area contributed by atoms with E-state index in [1.807, 2.05) is 0 Å². The zero-order chi connectivity index (χ0) is 43.3. The van der Waals surface area contributed by atoms with E-state index in [0.717, 1.165) is 51.4 Å². The van der Waals surface area contributed by atoms with Gasteiger partial charge >= 0.3 is 11.9 Å². The predicted molar refractivity (Wildman–Crippen MR) is 220 cm³/mol. The minimum atomic E-state index is -1.76. The number of rotatable bonds is 33. The van der Waals surface area contributed by atoms with Crippen molar-refractivity contribution in [2.24, 2.45) is 0 Å². The molecule has 0 aromatic rings. The Balaban J connectivity index is 1.86. The molecule has 0 spiro atoms. The SMILES string of the molecule is CCCCCCCC/C=C/C/C=C/CCCCC(=O)OC[C@H](CO[C@@H]1O[C@H](CO[C@@H]2O[C@H](CO)[C@H](O)C(O)C2O)[C@H](O)C(O)C1O)OC(=O)CCCCCCCCCC. The largest absolute Gasteiger partial charge is 0.462 e. The Hall–Kier alpha value is -2.02. The average Bonchev–Trinajstić information content (AvgIpc) is 3.23. The molecule has 344 valence electrons. The van der Waals surface area contributed by atoms with Crippen LogP contribution in [0.25, 0.3) is 0 Å². The van der Waals surface area contributed by atoms with Gasteiger partial charge in [0.25, 0.3) is 0 Å². The molecule has 2 aliphatic rings. The number of unbranched alkanes of at least 4 members (excludes halogenated alkanes) is 15. The first-order valence-electron chi connectivity index (χ1n) is 22.4. The molecule has 0 radical (unpaired) electrons. The minimum Gasteiger partial charge on any atom is -0.462 e. The fourth-order valence-corrected chi connectivity index (χ4v) is 6.89. The Morgan fingerprint density at radius 1 is 0.542 bits per heavy atom. The molecule has 59 heavy (non-hydrogen) atoms. The molecule has 2 saturated heterocycles. The van der Waals surface area contributed by atoms with Gasteiger partial charge in [-0.05, 0) is 44.9 Å². The minimum absolute atomic E-state index is 0.159. The van der Waals surface area contributed by atoms with Crippen LogP contribution in [-0.2, 0) is 38.0 Å². The molecule has 4 unspecified atom stereocenters. The Morgan fingerprint density at radius 3 is 1.61 bits per heavy atom. The summed E-state index contributed by atoms with van der Waals surface area (Å²) in [6, 6.07) is 0. The number of aliphatic hydroxyl groups is 7. The summed E-state index contributed by atoms with van der Waals surface area (Å²) in [5, 5.41) is 71.7. The topological polar surface area (TPSA) is 231 Å². The lowest BCUT2D eigenvalue weighted by Gasteiger charge is -2.42. The van der Waals surface area contributed by atoms with Crippen LogP contribution in [0.15, 0.2) is 24.3 Å². The van der Waals surface area contributed by atoms with Gasteiger partial charge in [0.2, 0.25) is 0 Å². The average molecular weight is 847 g/mol. The number of allylic oxidation sites excluding steroid dienone is 4. The highest BCUT2D eigenvalue weighted by atomic mass is 16.7. The number of carbonyl (C=O) groups is 2. The number of ether oxygens (including phenoxy) is 6. The van der Waals surface area contributed by atoms with E-state index in [1.54, 1.807) is 0 Å². The van der Waals surface area contributed by atoms with E-state index in [1.165, 1.54) is 57.8 Å². The molecule has 0 aromatic carbocycles. The van der Waals surface area contributed by atoms with Crippen LogP contribution < -0.4 is 0 Å². The molecule has 11 atom stereocenters. The summed E-state index contributed by atoms with van der Waals surface area (Å²) in [4.78, 5) is 25.5. The van der Waals surface area contributed by atoms with Crippen molar-refractivity contribution in [3.05, 3.63) is 24.3 Å². The van der Waals surface area contributed by atoms with Crippen molar-refractivity contribution in [1.82, 2.24) is 0 Å². The van der Waals surface area contributed by atoms with Crippen molar-refractivity contribution in [2.45, 2.75) is 216 Å². The van der Waals surface area contributed by atoms with Gasteiger partial charge in [-0.15, -0.1) is 0 Å². The summed E-state index contributed by atoms with van der Waals surface area (Å²) in [6.07, 6.45) is 12.5. The van der Waals surface area contributed by atoms with Gasteiger partial charge in [0.1, 0.15) is 55.4 Å². The van der Waals surface area contributed by atoms with Crippen molar-refractivity contribution in [3.63, 3.8) is 0 Å². The van der Waals surface area contributed by atoms with Crippen LogP contribution >= 0.6 is 0 Å². The molecule has 7 N–H and O–H groups in total. The van der Waals surface area contributed by atoms with Gasteiger partial charge in [-0.25, -0.2) is 0 Å². The van der Waals surface area contributed by atoms with Crippen LogP contribution in [0.4, 0.5) is 0 Å². The Morgan fingerprint density at radius 2 is 1.02 bits per heavy atom. The zero-order valence-electron chi connectivity index (χ0n) is 35.7. The van der Waals surface area contributed by atoms with Crippen molar-refractivity contribution in [2.75, 3.05) is 26.4 Å². The Bertz CT molecular complexity index is 1140. The zero-order valence-corrected chi connectivity index (χ0v) is 35.7. The second-order valence-corrected chi connectivity index (χ2v) is 15.9. The van der Waals surface area contributed by atoms with Crippen LogP contribution in [0.2, 0.25) is 0 Å². The van der Waals surface area contributed by atoms with Gasteiger partial charge in [-0.1, -0.05) is 115 Å². The predicted octanol–water partition coefficient (Wildman–Crippen LogP) is 4.43. The molecule has 0 bridgehead atoms. The number of hydrogen-bond acceptors (Lipinski definition) is 15. The third kappa shape index (κ3) is 22.1. The van der Waals surface area contributed by atoms with Crippen molar-refractivity contribution >= 4 is 11.9 Å². The molecule has 2 aliphatic heterocycles. The van der Waals surface area contributed by atoms with E-state index in [0.29, 0.717) is 12.8 Å². The summed E-state index contributed by atoms with van der Waals surface area (Å²) in [5.74, 6) is -0.968. The van der Waals surface area contributed by atoms with Gasteiger partial charge in [0.05, 0.1) is 19.8 Å². The Labute approximate surface area is 352 Å². The first-order valence-corrected chi connectivity index (χ1v) is 22.4. The van der Waals surface area contributed by atoms with Crippen LogP contribution in [0.3, 0.4) is 0 Å². The van der Waals surface area contributed by atoms with E-state index < -0.39 is 92.7 Å². The van der Waals surface area contributed by atoms with Crippen LogP contribution in [0.1, 0.15) is 149 Å². The molecule has 0 aromatic heterocycles. The maximum Gasteiger partial charge on any atom is 0.306 e. The Kier molecular flexibility index (Phi) is 29.4. The van der Waals surface area contributed by atoms with Gasteiger partial charge in [0.15, 0.2) is 18.7 Å². The summed E-state index contributed by atoms with van der Waals surface area (Å²) in [7, 11) is 0. The number of hydrogen-bond donors (Lipinski definition) is 7. The summed E-state index contributed by atoms with van der Waals surface area (Å²) >= 11 is 0. The highest BCUT2D eigenvalue weighted by Gasteiger charge is 2.47. The van der Waals surface area contributed by atoms with E-state index in [2.05, 4.69) is 38.2 Å². The molecular formula is C44H78O15. The fraction of sp³-hybridized carbons (Fsp3) is 0.864. The lowest BCUT2D eigenvalue weighted by molar-refractivity contribution is -0.332. The second kappa shape index (κ2) is 32.7. The fourth-order valence-electron chi connectivity index (χ4n) is 6.89. The maximum atomic E-state index is 12.8. The van der Waals surface area contributed by atoms with E-state index >= 15 is 0 Å². The number of carbonyl (C=O) groups excluding carboxylic acids is 2. The number of esters is 2. The molecule has 0 saturated carbocycles. The first kappa shape index (κ1) is 53.1. The molecular weight excluding hydrogens is 768 g/mol. The first-order chi connectivity index (χ1) is 28.5. The summed E-state index contributed by atoms with van der Waals surface area (Å²) in [5.41, 5.74) is 0. The normalized spacial score (nSPS) is 28.0. The molecule has 2 heterocycles. The van der Waals surface area contributed by atoms with Gasteiger partial charge in [-0.3, -0.25) is 9.59 Å². The van der Waals surface area contributed by atoms with Crippen LogP contribution in [0.5, 0.6) is 0 Å². The third-order valence-corrected chi connectivity index (χ3v) is 10.7. The monoisotopic (exact) mass is 847 g/mol. The molecule has 2 fully saturated rings. The van der Waals surface area contributed by atoms with E-state index in [-0.39, 0.29) is 26.1 Å². The standard InChI is InChI=1S/C44H78O15/c1-3-5-7-9-11-13-14-15-16-17-18-19-21-22-24-26-35(46)54-29-32(57-36(47)27-25-23-20-12-10-8-6-4-2)30-55-43-42(53)40(51)38(49)34(59-43)31-56-44-41(52)39(50)37(48)33(28-45)58-44/h15-16,18-19,32-34,37-45,48-53H,3-14,17,20-31H2,1-2H3/b16-15+,19-18+/t32-,33-,34-,37+,38+,39?,40?,41?,42?,43-,44-/m1/s1. The van der Waals surface area contributed by atoms with Gasteiger partial charge in [-0.2, -0.15) is 0 Å². The van der Waals surface area contributed by atoms with Crippen molar-refractivity contribution in [1.29, 1.82) is 0 Å². The molecule has 0 aliphatic carbocycles. The highest BCUT2D eigenvalue weighted by Crippen LogP contribution is 2.26. The van der Waals surface area contributed by atoms with E-state index in [4.69, 9.17) is 28.4 Å². The lowest BCUT2D eigenvalue weighted by Crippen LogP contribution is -2.61. The smallest absolute Gasteiger partial charge is 0.306 e. The highest BCUT2D eigenvalue weighted by molar-refractivity contribution is 5.70. The van der Waals surface area contributed by atoms with Crippen molar-refractivity contribution in [3.8, 4) is 0 Å². The molecule has 2 rings (SSSR count). The van der Waals surface area contributed by atoms with Gasteiger partial charge < -0.3 is 64.2 Å². The lowest BCUT2D eigenvalue weighted by atomic mass is 9.98. The molecule has 0 amide bonds. The molecule has 15 nitrogen and oxygen atoms in total. The quantitative estimate of drug-likeness (QED) is 0.0275. The summed E-state index contributed by atoms with van der Waals surface area (Å²) < 4.78 is 33.3. The number of aliphatic hydroxyl groups excluding tert-OH is 7. The summed E-state index contributed by atoms with van der Waals surface area (Å²) in [6.45, 7) is 2.48. The van der Waals surface area contributed by atoms with Crippen molar-refractivity contribution < 1.29 is 73.8 Å². The van der Waals surface area contributed by atoms with Gasteiger partial charge in [0, 0.05) is 12.8 Å².